The molecule has 1 unspecified atom stereocenters. The van der Waals surface area contributed by atoms with Crippen molar-refractivity contribution in [1.82, 2.24) is 9.47 Å². The summed E-state index contributed by atoms with van der Waals surface area (Å²) in [5, 5.41) is 1.36. The molecular formula is C21H20N2O. The van der Waals surface area contributed by atoms with Crippen LogP contribution in [0.4, 0.5) is 0 Å². The molecule has 1 fully saturated rings. The lowest BCUT2D eigenvalue weighted by Gasteiger charge is -2.31. The highest BCUT2D eigenvalue weighted by Gasteiger charge is 2.39. The molecule has 3 heteroatoms. The van der Waals surface area contributed by atoms with Crippen LogP contribution in [0.5, 0.6) is 0 Å². The van der Waals surface area contributed by atoms with Gasteiger partial charge >= 0.3 is 0 Å². The van der Waals surface area contributed by atoms with Crippen molar-refractivity contribution in [2.75, 3.05) is 6.54 Å². The summed E-state index contributed by atoms with van der Waals surface area (Å²) in [5.41, 5.74) is 5.43. The van der Waals surface area contributed by atoms with Crippen LogP contribution in [-0.4, -0.2) is 21.9 Å². The molecule has 1 saturated heterocycles. The minimum Gasteiger partial charge on any atom is -0.338 e. The maximum Gasteiger partial charge on any atom is 0.223 e. The van der Waals surface area contributed by atoms with Crippen molar-refractivity contribution in [2.24, 2.45) is 0 Å². The molecule has 24 heavy (non-hydrogen) atoms. The van der Waals surface area contributed by atoms with Gasteiger partial charge in [-0.25, -0.2) is 0 Å². The van der Waals surface area contributed by atoms with E-state index in [9.17, 15) is 4.79 Å². The van der Waals surface area contributed by atoms with Gasteiger partial charge in [0.15, 0.2) is 0 Å². The fourth-order valence-corrected chi connectivity index (χ4v) is 4.51. The summed E-state index contributed by atoms with van der Waals surface area (Å²) in [4.78, 5) is 14.3. The zero-order chi connectivity index (χ0) is 16.1. The van der Waals surface area contributed by atoms with Crippen molar-refractivity contribution in [3.05, 3.63) is 71.4 Å². The van der Waals surface area contributed by atoms with E-state index in [1.807, 2.05) is 0 Å². The van der Waals surface area contributed by atoms with Crippen LogP contribution in [0.25, 0.3) is 10.9 Å². The van der Waals surface area contributed by atoms with E-state index >= 15 is 0 Å². The van der Waals surface area contributed by atoms with Crippen LogP contribution in [0.1, 0.15) is 35.7 Å². The van der Waals surface area contributed by atoms with Gasteiger partial charge in [-0.15, -0.1) is 0 Å². The normalized spacial score (nSPS) is 19.6. The number of amides is 1. The Morgan fingerprint density at radius 2 is 1.75 bits per heavy atom. The van der Waals surface area contributed by atoms with Crippen molar-refractivity contribution in [3.63, 3.8) is 0 Å². The molecule has 2 aromatic carbocycles. The molecule has 0 N–H and O–H groups in total. The maximum absolute atomic E-state index is 12.2. The first-order valence-corrected chi connectivity index (χ1v) is 8.76. The highest BCUT2D eigenvalue weighted by molar-refractivity contribution is 5.88. The number of hydrogen-bond donors (Lipinski definition) is 0. The lowest BCUT2D eigenvalue weighted by molar-refractivity contribution is -0.129. The molecule has 3 aromatic rings. The minimum atomic E-state index is 0.261. The topological polar surface area (TPSA) is 25.2 Å². The van der Waals surface area contributed by atoms with Crippen molar-refractivity contribution in [3.8, 4) is 0 Å². The molecule has 3 nitrogen and oxygen atoms in total. The summed E-state index contributed by atoms with van der Waals surface area (Å²) in [5.74, 6) is 0.321. The molecule has 2 aliphatic rings. The average Bonchev–Trinajstić information content (AvgIpc) is 3.15. The van der Waals surface area contributed by atoms with Crippen LogP contribution < -0.4 is 0 Å². The number of carbonyl (C=O) groups excluding carboxylic acids is 1. The maximum atomic E-state index is 12.2. The number of carbonyl (C=O) groups is 1. The van der Waals surface area contributed by atoms with Gasteiger partial charge in [-0.2, -0.15) is 0 Å². The van der Waals surface area contributed by atoms with Crippen LogP contribution in [0.3, 0.4) is 0 Å². The van der Waals surface area contributed by atoms with Gasteiger partial charge in [0.25, 0.3) is 0 Å². The van der Waals surface area contributed by atoms with Gasteiger partial charge in [0.1, 0.15) is 0 Å². The number of aromatic nitrogens is 1. The molecule has 0 radical (unpaired) electrons. The molecule has 5 rings (SSSR count). The predicted molar refractivity (Wildman–Crippen MR) is 94.9 cm³/mol. The summed E-state index contributed by atoms with van der Waals surface area (Å²) >= 11 is 0. The number of nitrogens with zero attached hydrogens (tertiary/aromatic N) is 2. The van der Waals surface area contributed by atoms with E-state index in [0.29, 0.717) is 12.3 Å². The Hall–Kier alpha value is -2.55. The second-order valence-electron chi connectivity index (χ2n) is 6.84. The lowest BCUT2D eigenvalue weighted by atomic mass is 9.97. The Morgan fingerprint density at radius 3 is 2.62 bits per heavy atom. The molecule has 0 saturated carbocycles. The predicted octanol–water partition coefficient (Wildman–Crippen LogP) is 3.91. The van der Waals surface area contributed by atoms with Crippen LogP contribution in [0.15, 0.2) is 54.6 Å². The van der Waals surface area contributed by atoms with Crippen LogP contribution >= 0.6 is 0 Å². The summed E-state index contributed by atoms with van der Waals surface area (Å²) in [7, 11) is 0. The van der Waals surface area contributed by atoms with E-state index in [4.69, 9.17) is 0 Å². The van der Waals surface area contributed by atoms with Crippen molar-refractivity contribution in [1.29, 1.82) is 0 Å². The average molecular weight is 316 g/mol. The highest BCUT2D eigenvalue weighted by atomic mass is 16.2. The Balaban J connectivity index is 1.72. The van der Waals surface area contributed by atoms with E-state index in [-0.39, 0.29) is 6.04 Å². The van der Waals surface area contributed by atoms with Crippen LogP contribution in [-0.2, 0) is 17.8 Å². The molecule has 2 aliphatic heterocycles. The summed E-state index contributed by atoms with van der Waals surface area (Å²) < 4.78 is 2.45. The van der Waals surface area contributed by atoms with Gasteiger partial charge in [-0.05, 0) is 30.0 Å². The fourth-order valence-electron chi connectivity index (χ4n) is 4.51. The molecule has 3 heterocycles. The van der Waals surface area contributed by atoms with Gasteiger partial charge in [-0.3, -0.25) is 4.79 Å². The van der Waals surface area contributed by atoms with Crippen molar-refractivity contribution in [2.45, 2.75) is 31.8 Å². The monoisotopic (exact) mass is 316 g/mol. The molecule has 0 bridgehead atoms. The van der Waals surface area contributed by atoms with E-state index in [0.717, 1.165) is 25.9 Å². The Labute approximate surface area is 141 Å². The molecule has 1 amide bonds. The van der Waals surface area contributed by atoms with E-state index < -0.39 is 0 Å². The van der Waals surface area contributed by atoms with E-state index in [1.54, 1.807) is 0 Å². The third kappa shape index (κ3) is 1.94. The molecule has 1 atom stereocenters. The molecule has 0 spiro atoms. The van der Waals surface area contributed by atoms with E-state index in [2.05, 4.69) is 64.1 Å². The fraction of sp³-hybridized carbons (Fsp3) is 0.286. The van der Waals surface area contributed by atoms with Crippen molar-refractivity contribution >= 4 is 16.8 Å². The third-order valence-electron chi connectivity index (χ3n) is 5.55. The van der Waals surface area contributed by atoms with Gasteiger partial charge in [-0.1, -0.05) is 48.5 Å². The summed E-state index contributed by atoms with van der Waals surface area (Å²) in [6.07, 6.45) is 2.62. The second kappa shape index (κ2) is 5.23. The minimum absolute atomic E-state index is 0.261. The van der Waals surface area contributed by atoms with E-state index in [1.165, 1.54) is 27.7 Å². The first-order valence-electron chi connectivity index (χ1n) is 8.76. The van der Waals surface area contributed by atoms with Crippen LogP contribution in [0, 0.1) is 0 Å². The zero-order valence-corrected chi connectivity index (χ0v) is 13.6. The Morgan fingerprint density at radius 1 is 0.958 bits per heavy atom. The second-order valence-corrected chi connectivity index (χ2v) is 6.84. The van der Waals surface area contributed by atoms with Gasteiger partial charge < -0.3 is 9.47 Å². The number of rotatable bonds is 2. The first kappa shape index (κ1) is 13.8. The number of hydrogen-bond acceptors (Lipinski definition) is 1. The first-order chi connectivity index (χ1) is 11.8. The number of benzene rings is 2. The third-order valence-corrected chi connectivity index (χ3v) is 5.55. The SMILES string of the molecule is O=C1CCC2c3c(c4ccccc4n3Cc3ccccc3)CCN12. The number of fused-ring (bicyclic) bond motifs is 5. The number of para-hydroxylation sites is 1. The Kier molecular flexibility index (Phi) is 3.02. The summed E-state index contributed by atoms with van der Waals surface area (Å²) in [6, 6.07) is 19.6. The molecule has 1 aromatic heterocycles. The van der Waals surface area contributed by atoms with Crippen molar-refractivity contribution < 1.29 is 4.79 Å². The zero-order valence-electron chi connectivity index (χ0n) is 13.6. The largest absolute Gasteiger partial charge is 0.338 e. The standard InChI is InChI=1S/C21H20N2O/c24-20-11-10-19-21-17(12-13-22(19)20)16-8-4-5-9-18(16)23(21)14-15-6-2-1-3-7-15/h1-9,19H,10-14H2. The molecule has 0 aliphatic carbocycles. The van der Waals surface area contributed by atoms with Gasteiger partial charge in [0, 0.05) is 36.1 Å². The highest BCUT2D eigenvalue weighted by Crippen LogP contribution is 2.42. The lowest BCUT2D eigenvalue weighted by Crippen LogP contribution is -2.35. The van der Waals surface area contributed by atoms with Gasteiger partial charge in [0.05, 0.1) is 6.04 Å². The quantitative estimate of drug-likeness (QED) is 0.704. The molecular weight excluding hydrogens is 296 g/mol. The van der Waals surface area contributed by atoms with Crippen LogP contribution in [0.2, 0.25) is 0 Å². The molecule has 120 valence electrons. The summed E-state index contributed by atoms with van der Waals surface area (Å²) in [6.45, 7) is 1.74. The smallest absolute Gasteiger partial charge is 0.223 e. The van der Waals surface area contributed by atoms with Gasteiger partial charge in [0.2, 0.25) is 5.91 Å². The Bertz CT molecular complexity index is 926.